The molecular formula is C26H42N2O3S. The first-order valence-corrected chi connectivity index (χ1v) is 10.6. The number of ether oxygens (including phenoxy) is 2. The first-order chi connectivity index (χ1) is 13.6. The van der Waals surface area contributed by atoms with Crippen LogP contribution in [0.1, 0.15) is 70.7 Å². The van der Waals surface area contributed by atoms with Crippen LogP contribution in [0, 0.1) is 5.92 Å². The molecule has 1 aromatic carbocycles. The second-order valence-corrected chi connectivity index (χ2v) is 9.15. The van der Waals surface area contributed by atoms with Gasteiger partial charge in [0.2, 0.25) is 5.88 Å². The van der Waals surface area contributed by atoms with E-state index in [4.69, 9.17) is 14.5 Å². The summed E-state index contributed by atoms with van der Waals surface area (Å²) in [5, 5.41) is 2.03. The molecule has 0 amide bonds. The molecule has 5 nitrogen and oxygen atoms in total. The lowest BCUT2D eigenvalue weighted by Crippen LogP contribution is -2.26. The van der Waals surface area contributed by atoms with Crippen molar-refractivity contribution in [2.24, 2.45) is 5.92 Å². The standard InChI is InChI=1S/C15H14N2OS.C8H16O2.3CH4/c1-10(2)18-15-14(13-8-5-9-19-13)16-11-6-3-4-7-12(11)17-15;1-6(2)7(9)10-8(3,4)5;;;/h3-10H,1-2H3;6H,1-5H3;3*1H4. The van der Waals surface area contributed by atoms with Crippen LogP contribution in [0.4, 0.5) is 0 Å². The quantitative estimate of drug-likeness (QED) is 0.367. The summed E-state index contributed by atoms with van der Waals surface area (Å²) >= 11 is 1.64. The van der Waals surface area contributed by atoms with Gasteiger partial charge in [-0.05, 0) is 58.2 Å². The van der Waals surface area contributed by atoms with E-state index in [1.165, 1.54) is 0 Å². The lowest BCUT2D eigenvalue weighted by molar-refractivity contribution is -0.158. The maximum absolute atomic E-state index is 10.9. The number of thiophene rings is 1. The smallest absolute Gasteiger partial charge is 0.308 e. The highest BCUT2D eigenvalue weighted by Crippen LogP contribution is 2.32. The minimum atomic E-state index is -0.346. The number of carbonyl (C=O) groups is 1. The molecule has 2 heterocycles. The monoisotopic (exact) mass is 462 g/mol. The summed E-state index contributed by atoms with van der Waals surface area (Å²) in [5.74, 6) is 0.447. The Bertz CT molecular complexity index is 930. The first kappa shape index (κ1) is 31.7. The molecule has 0 N–H and O–H groups in total. The Kier molecular flexibility index (Phi) is 13.7. The average Bonchev–Trinajstić information content (AvgIpc) is 3.14. The summed E-state index contributed by atoms with van der Waals surface area (Å²) in [4.78, 5) is 21.3. The zero-order valence-corrected chi connectivity index (χ0v) is 19.0. The maximum atomic E-state index is 10.9. The molecule has 0 fully saturated rings. The summed E-state index contributed by atoms with van der Waals surface area (Å²) in [6.07, 6.45) is 0.0779. The minimum Gasteiger partial charge on any atom is -0.473 e. The van der Waals surface area contributed by atoms with Crippen molar-refractivity contribution in [2.75, 3.05) is 0 Å². The number of hydrogen-bond acceptors (Lipinski definition) is 6. The molecule has 0 saturated heterocycles. The topological polar surface area (TPSA) is 61.3 Å². The van der Waals surface area contributed by atoms with Crippen molar-refractivity contribution in [3.8, 4) is 16.5 Å². The van der Waals surface area contributed by atoms with Crippen molar-refractivity contribution >= 4 is 28.3 Å². The zero-order chi connectivity index (χ0) is 21.6. The van der Waals surface area contributed by atoms with E-state index in [2.05, 4.69) is 4.98 Å². The Morgan fingerprint density at radius 2 is 1.47 bits per heavy atom. The molecule has 0 bridgehead atoms. The van der Waals surface area contributed by atoms with E-state index < -0.39 is 0 Å². The van der Waals surface area contributed by atoms with Gasteiger partial charge in [0, 0.05) is 0 Å². The number of nitrogens with zero attached hydrogens (tertiary/aromatic N) is 2. The number of carbonyl (C=O) groups excluding carboxylic acids is 1. The highest BCUT2D eigenvalue weighted by molar-refractivity contribution is 7.13. The predicted molar refractivity (Wildman–Crippen MR) is 139 cm³/mol. The molecule has 2 aromatic heterocycles. The summed E-state index contributed by atoms with van der Waals surface area (Å²) in [6, 6.07) is 11.9. The molecule has 0 saturated carbocycles. The molecule has 6 heteroatoms. The largest absolute Gasteiger partial charge is 0.473 e. The number of fused-ring (bicyclic) bond motifs is 1. The Hall–Kier alpha value is -2.47. The summed E-state index contributed by atoms with van der Waals surface area (Å²) in [5.41, 5.74) is 2.23. The molecule has 3 aromatic rings. The lowest BCUT2D eigenvalue weighted by Gasteiger charge is -2.20. The van der Waals surface area contributed by atoms with Crippen LogP contribution in [0.2, 0.25) is 0 Å². The van der Waals surface area contributed by atoms with Crippen molar-refractivity contribution in [2.45, 2.75) is 82.5 Å². The van der Waals surface area contributed by atoms with Crippen molar-refractivity contribution in [1.29, 1.82) is 0 Å². The second-order valence-electron chi connectivity index (χ2n) is 8.20. The number of aromatic nitrogens is 2. The van der Waals surface area contributed by atoms with E-state index in [9.17, 15) is 4.79 Å². The van der Waals surface area contributed by atoms with Crippen LogP contribution in [-0.4, -0.2) is 27.6 Å². The van der Waals surface area contributed by atoms with Crippen LogP contribution < -0.4 is 4.74 Å². The highest BCUT2D eigenvalue weighted by Gasteiger charge is 2.18. The molecule has 0 aliphatic rings. The highest BCUT2D eigenvalue weighted by atomic mass is 32.1. The van der Waals surface area contributed by atoms with Crippen molar-refractivity contribution in [3.63, 3.8) is 0 Å². The van der Waals surface area contributed by atoms with Gasteiger partial charge in [0.15, 0.2) is 0 Å². The fourth-order valence-corrected chi connectivity index (χ4v) is 2.99. The third-order valence-electron chi connectivity index (χ3n) is 3.52. The van der Waals surface area contributed by atoms with Crippen molar-refractivity contribution in [1.82, 2.24) is 9.97 Å². The molecule has 32 heavy (non-hydrogen) atoms. The summed E-state index contributed by atoms with van der Waals surface area (Å²) in [7, 11) is 0. The zero-order valence-electron chi connectivity index (χ0n) is 18.2. The average molecular weight is 463 g/mol. The number of hydrogen-bond donors (Lipinski definition) is 0. The van der Waals surface area contributed by atoms with E-state index in [1.54, 1.807) is 11.3 Å². The number of benzene rings is 1. The van der Waals surface area contributed by atoms with Gasteiger partial charge in [0.1, 0.15) is 11.3 Å². The number of para-hydroxylation sites is 2. The van der Waals surface area contributed by atoms with Crippen molar-refractivity contribution < 1.29 is 14.3 Å². The van der Waals surface area contributed by atoms with E-state index in [1.807, 2.05) is 90.2 Å². The lowest BCUT2D eigenvalue weighted by atomic mass is 10.1. The second kappa shape index (κ2) is 13.8. The molecule has 0 radical (unpaired) electrons. The van der Waals surface area contributed by atoms with Gasteiger partial charge in [-0.3, -0.25) is 4.79 Å². The van der Waals surface area contributed by atoms with Crippen LogP contribution in [0.3, 0.4) is 0 Å². The normalized spacial score (nSPS) is 10.3. The van der Waals surface area contributed by atoms with Gasteiger partial charge in [0.25, 0.3) is 0 Å². The van der Waals surface area contributed by atoms with Gasteiger partial charge in [-0.25, -0.2) is 9.97 Å². The Labute approximate surface area is 199 Å². The van der Waals surface area contributed by atoms with E-state index in [-0.39, 0.29) is 45.9 Å². The maximum Gasteiger partial charge on any atom is 0.308 e. The van der Waals surface area contributed by atoms with Crippen molar-refractivity contribution in [3.05, 3.63) is 41.8 Å². The van der Waals surface area contributed by atoms with Gasteiger partial charge >= 0.3 is 5.97 Å². The van der Waals surface area contributed by atoms with Crippen LogP contribution in [-0.2, 0) is 9.53 Å². The summed E-state index contributed by atoms with van der Waals surface area (Å²) < 4.78 is 10.9. The molecule has 0 aliphatic carbocycles. The molecule has 180 valence electrons. The first-order valence-electron chi connectivity index (χ1n) is 9.77. The predicted octanol–water partition coefficient (Wildman–Crippen LogP) is 8.04. The third-order valence-corrected chi connectivity index (χ3v) is 4.40. The van der Waals surface area contributed by atoms with Gasteiger partial charge in [-0.2, -0.15) is 0 Å². The van der Waals surface area contributed by atoms with Gasteiger partial charge < -0.3 is 9.47 Å². The Morgan fingerprint density at radius 3 is 1.88 bits per heavy atom. The van der Waals surface area contributed by atoms with E-state index in [0.29, 0.717) is 5.88 Å². The van der Waals surface area contributed by atoms with Crippen LogP contribution in [0.25, 0.3) is 21.6 Å². The molecule has 0 atom stereocenters. The van der Waals surface area contributed by atoms with E-state index >= 15 is 0 Å². The minimum absolute atomic E-state index is 0. The Morgan fingerprint density at radius 1 is 0.906 bits per heavy atom. The van der Waals surface area contributed by atoms with E-state index in [0.717, 1.165) is 21.6 Å². The molecule has 0 unspecified atom stereocenters. The molecule has 3 rings (SSSR count). The van der Waals surface area contributed by atoms with Gasteiger partial charge in [0.05, 0.1) is 27.9 Å². The number of esters is 1. The SMILES string of the molecule is C.C.C.CC(C)C(=O)OC(C)(C)C.CC(C)Oc1nc2ccccc2nc1-c1cccs1. The van der Waals surface area contributed by atoms with Gasteiger partial charge in [-0.15, -0.1) is 11.3 Å². The Balaban J connectivity index is 0. The fourth-order valence-electron chi connectivity index (χ4n) is 2.28. The molecular weight excluding hydrogens is 420 g/mol. The fraction of sp³-hybridized carbons (Fsp3) is 0.500. The van der Waals surface area contributed by atoms with Gasteiger partial charge in [-0.1, -0.05) is 54.3 Å². The molecule has 0 spiro atoms. The molecule has 0 aliphatic heterocycles. The van der Waals surface area contributed by atoms with Crippen LogP contribution in [0.15, 0.2) is 41.8 Å². The van der Waals surface area contributed by atoms with Crippen LogP contribution >= 0.6 is 11.3 Å². The summed E-state index contributed by atoms with van der Waals surface area (Å²) in [6.45, 7) is 13.3. The third kappa shape index (κ3) is 9.77. The number of rotatable bonds is 4. The van der Waals surface area contributed by atoms with Crippen LogP contribution in [0.5, 0.6) is 5.88 Å².